The number of nitrogens with zero attached hydrogens (tertiary/aromatic N) is 5. The second-order valence-electron chi connectivity index (χ2n) is 5.94. The predicted octanol–water partition coefficient (Wildman–Crippen LogP) is 2.21. The summed E-state index contributed by atoms with van der Waals surface area (Å²) in [7, 11) is 1.57. The molecule has 1 aromatic carbocycles. The highest BCUT2D eigenvalue weighted by Gasteiger charge is 2.23. The molecule has 3 rings (SSSR count). The number of hydrogen-bond donors (Lipinski definition) is 1. The van der Waals surface area contributed by atoms with Gasteiger partial charge in [0.15, 0.2) is 5.69 Å². The molecule has 8 heteroatoms. The SMILES string of the molecule is Cc1cc(C(=O)c2cc(C#N)nn2C)n(-c2ccc(F)cc2C(C)O)n1. The molecule has 3 aromatic rings. The maximum atomic E-state index is 13.6. The molecule has 0 aliphatic heterocycles. The van der Waals surface area contributed by atoms with E-state index in [1.54, 1.807) is 20.0 Å². The summed E-state index contributed by atoms with van der Waals surface area (Å²) in [6.07, 6.45) is -0.949. The van der Waals surface area contributed by atoms with Gasteiger partial charge in [-0.3, -0.25) is 9.48 Å². The van der Waals surface area contributed by atoms with Crippen molar-refractivity contribution < 1.29 is 14.3 Å². The van der Waals surface area contributed by atoms with Gasteiger partial charge in [0.1, 0.15) is 23.3 Å². The van der Waals surface area contributed by atoms with Gasteiger partial charge in [-0.15, -0.1) is 0 Å². The Hall–Kier alpha value is -3.31. The molecule has 0 saturated heterocycles. The first-order valence-electron chi connectivity index (χ1n) is 7.85. The van der Waals surface area contributed by atoms with Gasteiger partial charge >= 0.3 is 0 Å². The number of halogens is 1. The molecule has 0 bridgehead atoms. The fraction of sp³-hybridized carbons (Fsp3) is 0.222. The third-order valence-corrected chi connectivity index (χ3v) is 3.96. The third kappa shape index (κ3) is 3.00. The molecule has 2 aromatic heterocycles. The molecule has 1 atom stereocenters. The van der Waals surface area contributed by atoms with Crippen molar-refractivity contribution in [2.24, 2.45) is 7.05 Å². The quantitative estimate of drug-likeness (QED) is 0.725. The number of benzene rings is 1. The molecule has 132 valence electrons. The van der Waals surface area contributed by atoms with Crippen molar-refractivity contribution >= 4 is 5.78 Å². The lowest BCUT2D eigenvalue weighted by molar-refractivity contribution is 0.102. The van der Waals surface area contributed by atoms with Gasteiger partial charge in [-0.05, 0) is 38.1 Å². The van der Waals surface area contributed by atoms with Crippen molar-refractivity contribution in [3.8, 4) is 11.8 Å². The van der Waals surface area contributed by atoms with Gasteiger partial charge in [0, 0.05) is 18.7 Å². The van der Waals surface area contributed by atoms with E-state index in [-0.39, 0.29) is 22.9 Å². The van der Waals surface area contributed by atoms with Crippen LogP contribution in [0, 0.1) is 24.1 Å². The Kier molecular flexibility index (Phi) is 4.40. The molecular weight excluding hydrogens is 337 g/mol. The molecule has 1 unspecified atom stereocenters. The molecule has 0 radical (unpaired) electrons. The van der Waals surface area contributed by atoms with E-state index in [2.05, 4.69) is 10.2 Å². The highest BCUT2D eigenvalue weighted by Crippen LogP contribution is 2.25. The number of aliphatic hydroxyl groups excluding tert-OH is 1. The Balaban J connectivity index is 2.17. The van der Waals surface area contributed by atoms with Crippen molar-refractivity contribution in [3.63, 3.8) is 0 Å². The van der Waals surface area contributed by atoms with Gasteiger partial charge in [0.05, 0.1) is 17.5 Å². The molecule has 0 aliphatic carbocycles. The van der Waals surface area contributed by atoms with Crippen molar-refractivity contribution in [3.05, 3.63) is 64.5 Å². The summed E-state index contributed by atoms with van der Waals surface area (Å²) >= 11 is 0. The number of carbonyl (C=O) groups is 1. The van der Waals surface area contributed by atoms with Crippen LogP contribution in [0.1, 0.15) is 46.2 Å². The standard InChI is InChI=1S/C18H16FN5O2/c1-10-6-17(18(26)16-8-13(9-20)22-23(16)3)24(21-10)15-5-4-12(19)7-14(15)11(2)25/h4-8,11,25H,1-3H3. The molecular formula is C18H16FN5O2. The summed E-state index contributed by atoms with van der Waals surface area (Å²) in [5.74, 6) is -0.880. The highest BCUT2D eigenvalue weighted by atomic mass is 19.1. The zero-order valence-electron chi connectivity index (χ0n) is 14.4. The van der Waals surface area contributed by atoms with Crippen LogP contribution in [0.15, 0.2) is 30.3 Å². The Morgan fingerprint density at radius 2 is 2.00 bits per heavy atom. The molecule has 0 spiro atoms. The second-order valence-corrected chi connectivity index (χ2v) is 5.94. The Labute approximate surface area is 148 Å². The lowest BCUT2D eigenvalue weighted by Crippen LogP contribution is -2.15. The number of aromatic nitrogens is 4. The Morgan fingerprint density at radius 3 is 2.62 bits per heavy atom. The number of rotatable bonds is 4. The number of nitriles is 1. The van der Waals surface area contributed by atoms with Crippen molar-refractivity contribution in [1.29, 1.82) is 5.26 Å². The van der Waals surface area contributed by atoms with E-state index in [0.717, 1.165) is 0 Å². The molecule has 26 heavy (non-hydrogen) atoms. The lowest BCUT2D eigenvalue weighted by atomic mass is 10.1. The van der Waals surface area contributed by atoms with E-state index >= 15 is 0 Å². The van der Waals surface area contributed by atoms with Crippen LogP contribution in [-0.4, -0.2) is 30.5 Å². The fourth-order valence-corrected chi connectivity index (χ4v) is 2.76. The van der Waals surface area contributed by atoms with Gasteiger partial charge < -0.3 is 5.11 Å². The van der Waals surface area contributed by atoms with Crippen LogP contribution in [0.5, 0.6) is 0 Å². The lowest BCUT2D eigenvalue weighted by Gasteiger charge is -2.14. The van der Waals surface area contributed by atoms with Crippen LogP contribution in [0.4, 0.5) is 4.39 Å². The van der Waals surface area contributed by atoms with Crippen LogP contribution >= 0.6 is 0 Å². The van der Waals surface area contributed by atoms with Crippen LogP contribution in [0.3, 0.4) is 0 Å². The maximum absolute atomic E-state index is 13.6. The normalized spacial score (nSPS) is 12.0. The largest absolute Gasteiger partial charge is 0.389 e. The predicted molar refractivity (Wildman–Crippen MR) is 90.2 cm³/mol. The summed E-state index contributed by atoms with van der Waals surface area (Å²) in [6, 6.07) is 8.80. The summed E-state index contributed by atoms with van der Waals surface area (Å²) in [6.45, 7) is 3.24. The number of carbonyl (C=O) groups excluding carboxylic acids is 1. The van der Waals surface area contributed by atoms with Crippen LogP contribution in [0.2, 0.25) is 0 Å². The van der Waals surface area contributed by atoms with Gasteiger partial charge in [-0.25, -0.2) is 9.07 Å². The van der Waals surface area contributed by atoms with E-state index < -0.39 is 11.9 Å². The van der Waals surface area contributed by atoms with Crippen molar-refractivity contribution in [2.45, 2.75) is 20.0 Å². The van der Waals surface area contributed by atoms with Gasteiger partial charge in [-0.2, -0.15) is 15.5 Å². The number of aryl methyl sites for hydroxylation is 2. The minimum Gasteiger partial charge on any atom is -0.389 e. The number of ketones is 1. The van der Waals surface area contributed by atoms with E-state index in [9.17, 15) is 14.3 Å². The smallest absolute Gasteiger partial charge is 0.229 e. The summed E-state index contributed by atoms with van der Waals surface area (Å²) in [5.41, 5.74) is 1.87. The zero-order valence-corrected chi connectivity index (χ0v) is 14.4. The van der Waals surface area contributed by atoms with Gasteiger partial charge in [-0.1, -0.05) is 0 Å². The van der Waals surface area contributed by atoms with Crippen molar-refractivity contribution in [2.75, 3.05) is 0 Å². The average molecular weight is 353 g/mol. The number of aliphatic hydroxyl groups is 1. The van der Waals surface area contributed by atoms with E-state index in [1.807, 2.05) is 6.07 Å². The fourth-order valence-electron chi connectivity index (χ4n) is 2.76. The topological polar surface area (TPSA) is 96.7 Å². The zero-order chi connectivity index (χ0) is 19.0. The van der Waals surface area contributed by atoms with E-state index in [4.69, 9.17) is 5.26 Å². The van der Waals surface area contributed by atoms with Crippen LogP contribution < -0.4 is 0 Å². The van der Waals surface area contributed by atoms with Crippen LogP contribution in [-0.2, 0) is 7.05 Å². The van der Waals surface area contributed by atoms with E-state index in [1.165, 1.54) is 40.6 Å². The summed E-state index contributed by atoms with van der Waals surface area (Å²) in [5, 5.41) is 27.2. The van der Waals surface area contributed by atoms with Crippen LogP contribution in [0.25, 0.3) is 5.69 Å². The first-order valence-corrected chi connectivity index (χ1v) is 7.85. The monoisotopic (exact) mass is 353 g/mol. The molecule has 0 amide bonds. The average Bonchev–Trinajstić information content (AvgIpc) is 3.16. The maximum Gasteiger partial charge on any atom is 0.229 e. The summed E-state index contributed by atoms with van der Waals surface area (Å²) < 4.78 is 16.3. The molecule has 0 saturated carbocycles. The summed E-state index contributed by atoms with van der Waals surface area (Å²) in [4.78, 5) is 13.0. The van der Waals surface area contributed by atoms with Gasteiger partial charge in [0.2, 0.25) is 5.78 Å². The number of hydrogen-bond acceptors (Lipinski definition) is 5. The Morgan fingerprint density at radius 1 is 1.27 bits per heavy atom. The third-order valence-electron chi connectivity index (χ3n) is 3.96. The molecule has 2 heterocycles. The highest BCUT2D eigenvalue weighted by molar-refractivity contribution is 6.07. The van der Waals surface area contributed by atoms with E-state index in [0.29, 0.717) is 16.9 Å². The second kappa shape index (κ2) is 6.54. The molecule has 1 N–H and O–H groups in total. The molecule has 0 aliphatic rings. The minimum atomic E-state index is -0.949. The minimum absolute atomic E-state index is 0.130. The van der Waals surface area contributed by atoms with Gasteiger partial charge in [0.25, 0.3) is 0 Å². The van der Waals surface area contributed by atoms with Crippen molar-refractivity contribution in [1.82, 2.24) is 19.6 Å². The first kappa shape index (κ1) is 17.5. The molecule has 7 nitrogen and oxygen atoms in total. The first-order chi connectivity index (χ1) is 12.3. The molecule has 0 fully saturated rings. The Bertz CT molecular complexity index is 1040.